The standard InChI is InChI=1S/C16H27NO2S/c1-5-9-15(17-7-3)16(6-2)20(18,19)14-11-8-10-13(4)12-14/h8,10-12,15-17H,5-7,9H2,1-4H3. The van der Waals surface area contributed by atoms with Crippen molar-refractivity contribution in [3.63, 3.8) is 0 Å². The molecule has 4 heteroatoms. The summed E-state index contributed by atoms with van der Waals surface area (Å²) in [6, 6.07) is 7.25. The Balaban J connectivity index is 3.13. The van der Waals surface area contributed by atoms with Gasteiger partial charge in [0.05, 0.1) is 10.1 Å². The van der Waals surface area contributed by atoms with Gasteiger partial charge in [-0.05, 0) is 44.0 Å². The van der Waals surface area contributed by atoms with Gasteiger partial charge in [-0.1, -0.05) is 39.3 Å². The molecule has 0 bridgehead atoms. The second kappa shape index (κ2) is 7.79. The highest BCUT2D eigenvalue weighted by atomic mass is 32.2. The molecule has 114 valence electrons. The van der Waals surface area contributed by atoms with Crippen LogP contribution in [0.1, 0.15) is 45.6 Å². The van der Waals surface area contributed by atoms with Gasteiger partial charge in [0.1, 0.15) is 0 Å². The highest BCUT2D eigenvalue weighted by molar-refractivity contribution is 7.92. The lowest BCUT2D eigenvalue weighted by atomic mass is 10.1. The van der Waals surface area contributed by atoms with E-state index in [-0.39, 0.29) is 11.3 Å². The van der Waals surface area contributed by atoms with Crippen molar-refractivity contribution in [2.45, 2.75) is 63.1 Å². The summed E-state index contributed by atoms with van der Waals surface area (Å²) in [6.07, 6.45) is 2.50. The fraction of sp³-hybridized carbons (Fsp3) is 0.625. The number of hydrogen-bond acceptors (Lipinski definition) is 3. The summed E-state index contributed by atoms with van der Waals surface area (Å²) in [5.41, 5.74) is 0.983. The van der Waals surface area contributed by atoms with Crippen molar-refractivity contribution in [2.24, 2.45) is 0 Å². The van der Waals surface area contributed by atoms with Crippen molar-refractivity contribution < 1.29 is 8.42 Å². The minimum atomic E-state index is -3.28. The number of rotatable bonds is 8. The van der Waals surface area contributed by atoms with Crippen molar-refractivity contribution in [2.75, 3.05) is 6.54 Å². The summed E-state index contributed by atoms with van der Waals surface area (Å²) < 4.78 is 25.7. The van der Waals surface area contributed by atoms with Crippen LogP contribution in [-0.2, 0) is 9.84 Å². The Kier molecular flexibility index (Phi) is 6.69. The zero-order valence-electron chi connectivity index (χ0n) is 13.0. The Morgan fingerprint density at radius 1 is 1.20 bits per heavy atom. The topological polar surface area (TPSA) is 46.2 Å². The maximum absolute atomic E-state index is 12.9. The van der Waals surface area contributed by atoms with Crippen LogP contribution in [0.25, 0.3) is 0 Å². The minimum Gasteiger partial charge on any atom is -0.313 e. The largest absolute Gasteiger partial charge is 0.313 e. The normalized spacial score (nSPS) is 15.0. The van der Waals surface area contributed by atoms with Gasteiger partial charge in [0.15, 0.2) is 9.84 Å². The second-order valence-electron chi connectivity index (χ2n) is 5.26. The summed E-state index contributed by atoms with van der Waals surface area (Å²) in [5.74, 6) is 0. The molecule has 0 fully saturated rings. The predicted octanol–water partition coefficient (Wildman–Crippen LogP) is 3.33. The molecule has 0 spiro atoms. The summed E-state index contributed by atoms with van der Waals surface area (Å²) in [7, 11) is -3.28. The maximum atomic E-state index is 12.9. The van der Waals surface area contributed by atoms with E-state index in [0.29, 0.717) is 11.3 Å². The monoisotopic (exact) mass is 297 g/mol. The predicted molar refractivity (Wildman–Crippen MR) is 84.8 cm³/mol. The fourth-order valence-corrected chi connectivity index (χ4v) is 4.75. The van der Waals surface area contributed by atoms with E-state index < -0.39 is 9.84 Å². The molecule has 0 heterocycles. The Hall–Kier alpha value is -0.870. The molecule has 1 aromatic rings. The fourth-order valence-electron chi connectivity index (χ4n) is 2.68. The molecular formula is C16H27NO2S. The molecule has 1 rings (SSSR count). The summed E-state index contributed by atoms with van der Waals surface area (Å²) in [6.45, 7) is 8.79. The van der Waals surface area contributed by atoms with Gasteiger partial charge < -0.3 is 5.32 Å². The Morgan fingerprint density at radius 2 is 1.90 bits per heavy atom. The van der Waals surface area contributed by atoms with E-state index in [2.05, 4.69) is 12.2 Å². The molecule has 3 nitrogen and oxygen atoms in total. The molecule has 0 saturated heterocycles. The van der Waals surface area contributed by atoms with Crippen LogP contribution in [0.4, 0.5) is 0 Å². The van der Waals surface area contributed by atoms with Gasteiger partial charge in [-0.3, -0.25) is 0 Å². The maximum Gasteiger partial charge on any atom is 0.182 e. The van der Waals surface area contributed by atoms with Gasteiger partial charge in [0.2, 0.25) is 0 Å². The molecule has 0 aromatic heterocycles. The van der Waals surface area contributed by atoms with Crippen molar-refractivity contribution in [3.8, 4) is 0 Å². The zero-order chi connectivity index (χ0) is 15.2. The first kappa shape index (κ1) is 17.2. The molecule has 0 aliphatic heterocycles. The molecule has 20 heavy (non-hydrogen) atoms. The van der Waals surface area contributed by atoms with Crippen molar-refractivity contribution in [3.05, 3.63) is 29.8 Å². The SMILES string of the molecule is CCCC(NCC)C(CC)S(=O)(=O)c1cccc(C)c1. The lowest BCUT2D eigenvalue weighted by molar-refractivity contribution is 0.445. The van der Waals surface area contributed by atoms with Crippen LogP contribution < -0.4 is 5.32 Å². The third-order valence-corrected chi connectivity index (χ3v) is 6.00. The quantitative estimate of drug-likeness (QED) is 0.800. The second-order valence-corrected chi connectivity index (χ2v) is 7.43. The minimum absolute atomic E-state index is 0.0283. The molecule has 0 saturated carbocycles. The highest BCUT2D eigenvalue weighted by Gasteiger charge is 2.32. The van der Waals surface area contributed by atoms with E-state index in [1.807, 2.05) is 32.9 Å². The van der Waals surface area contributed by atoms with Crippen LogP contribution in [-0.4, -0.2) is 26.3 Å². The molecule has 1 N–H and O–H groups in total. The highest BCUT2D eigenvalue weighted by Crippen LogP contribution is 2.23. The van der Waals surface area contributed by atoms with Gasteiger partial charge in [0.25, 0.3) is 0 Å². The average Bonchev–Trinajstić information content (AvgIpc) is 2.39. The van der Waals surface area contributed by atoms with Crippen LogP contribution in [0.15, 0.2) is 29.2 Å². The molecule has 1 aromatic carbocycles. The van der Waals surface area contributed by atoms with Crippen LogP contribution in [0, 0.1) is 6.92 Å². The van der Waals surface area contributed by atoms with Crippen LogP contribution in [0.2, 0.25) is 0 Å². The zero-order valence-corrected chi connectivity index (χ0v) is 13.8. The molecule has 0 aliphatic rings. The Morgan fingerprint density at radius 3 is 2.40 bits per heavy atom. The summed E-state index contributed by atoms with van der Waals surface area (Å²) in [5, 5.41) is 2.99. The van der Waals surface area contributed by atoms with E-state index in [1.165, 1.54) is 0 Å². The first-order valence-electron chi connectivity index (χ1n) is 7.51. The molecule has 0 amide bonds. The summed E-state index contributed by atoms with van der Waals surface area (Å²) in [4.78, 5) is 0.448. The third-order valence-electron chi connectivity index (χ3n) is 3.63. The number of nitrogens with one attached hydrogen (secondary N) is 1. The molecule has 0 aliphatic carbocycles. The number of hydrogen-bond donors (Lipinski definition) is 1. The van der Waals surface area contributed by atoms with Gasteiger partial charge in [-0.2, -0.15) is 0 Å². The van der Waals surface area contributed by atoms with E-state index >= 15 is 0 Å². The lowest BCUT2D eigenvalue weighted by Gasteiger charge is -2.27. The first-order valence-corrected chi connectivity index (χ1v) is 9.05. The number of aryl methyl sites for hydroxylation is 1. The van der Waals surface area contributed by atoms with Crippen LogP contribution in [0.3, 0.4) is 0 Å². The third kappa shape index (κ3) is 4.06. The van der Waals surface area contributed by atoms with E-state index in [4.69, 9.17) is 0 Å². The molecule has 0 radical (unpaired) electrons. The number of benzene rings is 1. The van der Waals surface area contributed by atoms with E-state index in [1.54, 1.807) is 12.1 Å². The lowest BCUT2D eigenvalue weighted by Crippen LogP contribution is -2.43. The van der Waals surface area contributed by atoms with E-state index in [9.17, 15) is 8.42 Å². The Labute approximate surface area is 123 Å². The summed E-state index contributed by atoms with van der Waals surface area (Å²) >= 11 is 0. The van der Waals surface area contributed by atoms with Crippen LogP contribution >= 0.6 is 0 Å². The van der Waals surface area contributed by atoms with Crippen molar-refractivity contribution in [1.29, 1.82) is 0 Å². The Bertz CT molecular complexity index is 505. The average molecular weight is 297 g/mol. The van der Waals surface area contributed by atoms with Crippen molar-refractivity contribution in [1.82, 2.24) is 5.32 Å². The molecule has 2 unspecified atom stereocenters. The number of sulfone groups is 1. The van der Waals surface area contributed by atoms with Gasteiger partial charge in [-0.15, -0.1) is 0 Å². The van der Waals surface area contributed by atoms with Gasteiger partial charge >= 0.3 is 0 Å². The van der Waals surface area contributed by atoms with Gasteiger partial charge in [-0.25, -0.2) is 8.42 Å². The van der Waals surface area contributed by atoms with Crippen molar-refractivity contribution >= 4 is 9.84 Å². The molecule has 2 atom stereocenters. The molecular weight excluding hydrogens is 270 g/mol. The first-order chi connectivity index (χ1) is 9.47. The van der Waals surface area contributed by atoms with Gasteiger partial charge in [0, 0.05) is 6.04 Å². The van der Waals surface area contributed by atoms with E-state index in [0.717, 1.165) is 24.9 Å². The van der Waals surface area contributed by atoms with Crippen LogP contribution in [0.5, 0.6) is 0 Å². The smallest absolute Gasteiger partial charge is 0.182 e.